The summed E-state index contributed by atoms with van der Waals surface area (Å²) in [6.07, 6.45) is 2.14. The predicted molar refractivity (Wildman–Crippen MR) is 60.4 cm³/mol. The zero-order chi connectivity index (χ0) is 11.4. The first-order chi connectivity index (χ1) is 7.04. The maximum Gasteiger partial charge on any atom is 0.222 e. The Labute approximate surface area is 92.5 Å². The number of β-amino-alcohol motifs (C(OH)–C–C–N with tert-alkyl or cyclic N) is 1. The molecule has 1 N–H and O–H groups in total. The Hall–Kier alpha value is -0.570. The molecule has 1 aliphatic heterocycles. The van der Waals surface area contributed by atoms with E-state index in [2.05, 4.69) is 20.8 Å². The maximum atomic E-state index is 11.9. The van der Waals surface area contributed by atoms with Crippen LogP contribution in [0, 0.1) is 11.8 Å². The highest BCUT2D eigenvalue weighted by Crippen LogP contribution is 2.21. The molecule has 1 aliphatic rings. The fraction of sp³-hybridized carbons (Fsp3) is 0.917. The average molecular weight is 213 g/mol. The highest BCUT2D eigenvalue weighted by atomic mass is 16.3. The molecule has 1 saturated heterocycles. The van der Waals surface area contributed by atoms with Crippen molar-refractivity contribution in [3.8, 4) is 0 Å². The second kappa shape index (κ2) is 5.50. The quantitative estimate of drug-likeness (QED) is 0.771. The molecule has 1 amide bonds. The first kappa shape index (κ1) is 12.5. The van der Waals surface area contributed by atoms with Crippen LogP contribution in [-0.4, -0.2) is 35.1 Å². The van der Waals surface area contributed by atoms with Crippen molar-refractivity contribution in [2.75, 3.05) is 13.1 Å². The lowest BCUT2D eigenvalue weighted by Crippen LogP contribution is -2.31. The van der Waals surface area contributed by atoms with E-state index in [0.29, 0.717) is 24.8 Å². The molecule has 3 nitrogen and oxygen atoms in total. The van der Waals surface area contributed by atoms with Gasteiger partial charge in [-0.2, -0.15) is 0 Å². The summed E-state index contributed by atoms with van der Waals surface area (Å²) < 4.78 is 0. The summed E-state index contributed by atoms with van der Waals surface area (Å²) >= 11 is 0. The van der Waals surface area contributed by atoms with Crippen LogP contribution in [0.15, 0.2) is 0 Å². The number of aliphatic hydroxyl groups is 1. The van der Waals surface area contributed by atoms with Gasteiger partial charge in [-0.3, -0.25) is 4.79 Å². The van der Waals surface area contributed by atoms with Gasteiger partial charge in [0.25, 0.3) is 0 Å². The molecule has 1 rings (SSSR count). The minimum absolute atomic E-state index is 0.215. The Balaban J connectivity index is 2.40. The SMILES string of the molecule is CCC(CC(=O)N1CC[C@H](O)C1)C(C)C. The molecule has 0 saturated carbocycles. The first-order valence-electron chi connectivity index (χ1n) is 6.00. The van der Waals surface area contributed by atoms with E-state index < -0.39 is 0 Å². The van der Waals surface area contributed by atoms with Crippen LogP contribution >= 0.6 is 0 Å². The Bertz CT molecular complexity index is 216. The van der Waals surface area contributed by atoms with Crippen molar-refractivity contribution in [1.82, 2.24) is 4.90 Å². The number of amides is 1. The third-order valence-corrected chi connectivity index (χ3v) is 3.42. The van der Waals surface area contributed by atoms with E-state index in [-0.39, 0.29) is 12.0 Å². The number of hydrogen-bond donors (Lipinski definition) is 1. The monoisotopic (exact) mass is 213 g/mol. The van der Waals surface area contributed by atoms with Crippen molar-refractivity contribution < 1.29 is 9.90 Å². The summed E-state index contributed by atoms with van der Waals surface area (Å²) in [6, 6.07) is 0. The molecule has 0 aromatic rings. The van der Waals surface area contributed by atoms with Gasteiger partial charge in [0.05, 0.1) is 6.10 Å². The van der Waals surface area contributed by atoms with Crippen molar-refractivity contribution in [3.05, 3.63) is 0 Å². The average Bonchev–Trinajstić information content (AvgIpc) is 2.60. The zero-order valence-electron chi connectivity index (χ0n) is 10.1. The number of rotatable bonds is 4. The van der Waals surface area contributed by atoms with E-state index in [1.54, 1.807) is 4.90 Å². The smallest absolute Gasteiger partial charge is 0.222 e. The fourth-order valence-corrected chi connectivity index (χ4v) is 2.17. The summed E-state index contributed by atoms with van der Waals surface area (Å²) in [5.74, 6) is 1.26. The van der Waals surface area contributed by atoms with Gasteiger partial charge in [0.1, 0.15) is 0 Å². The van der Waals surface area contributed by atoms with Crippen LogP contribution in [0.3, 0.4) is 0 Å². The molecule has 15 heavy (non-hydrogen) atoms. The summed E-state index contributed by atoms with van der Waals surface area (Å²) in [6.45, 7) is 7.74. The molecule has 2 atom stereocenters. The van der Waals surface area contributed by atoms with Crippen molar-refractivity contribution >= 4 is 5.91 Å². The molecule has 1 unspecified atom stereocenters. The molecule has 0 aliphatic carbocycles. The van der Waals surface area contributed by atoms with E-state index in [0.717, 1.165) is 19.4 Å². The summed E-state index contributed by atoms with van der Waals surface area (Å²) in [7, 11) is 0. The highest BCUT2D eigenvalue weighted by molar-refractivity contribution is 5.76. The predicted octanol–water partition coefficient (Wildman–Crippen LogP) is 1.65. The molecule has 0 aromatic carbocycles. The molecular formula is C12H23NO2. The number of carbonyl (C=O) groups is 1. The van der Waals surface area contributed by atoms with Gasteiger partial charge in [0, 0.05) is 19.5 Å². The van der Waals surface area contributed by atoms with E-state index >= 15 is 0 Å². The molecule has 3 heteroatoms. The Morgan fingerprint density at radius 1 is 1.53 bits per heavy atom. The van der Waals surface area contributed by atoms with Crippen LogP contribution in [0.1, 0.15) is 40.0 Å². The van der Waals surface area contributed by atoms with E-state index in [4.69, 9.17) is 0 Å². The minimum atomic E-state index is -0.298. The van der Waals surface area contributed by atoms with Gasteiger partial charge in [-0.05, 0) is 18.3 Å². The topological polar surface area (TPSA) is 40.5 Å². The Morgan fingerprint density at radius 2 is 2.20 bits per heavy atom. The molecule has 88 valence electrons. The van der Waals surface area contributed by atoms with Crippen LogP contribution in [0.2, 0.25) is 0 Å². The van der Waals surface area contributed by atoms with Gasteiger partial charge in [0.15, 0.2) is 0 Å². The largest absolute Gasteiger partial charge is 0.391 e. The highest BCUT2D eigenvalue weighted by Gasteiger charge is 2.26. The van der Waals surface area contributed by atoms with Gasteiger partial charge in [-0.1, -0.05) is 27.2 Å². The molecular weight excluding hydrogens is 190 g/mol. The Kier molecular flexibility index (Phi) is 4.58. The maximum absolute atomic E-state index is 11.9. The van der Waals surface area contributed by atoms with Crippen molar-refractivity contribution in [3.63, 3.8) is 0 Å². The number of likely N-dealkylation sites (tertiary alicyclic amines) is 1. The number of carbonyl (C=O) groups excluding carboxylic acids is 1. The first-order valence-corrected chi connectivity index (χ1v) is 6.00. The summed E-state index contributed by atoms with van der Waals surface area (Å²) in [4.78, 5) is 13.7. The molecule has 1 fully saturated rings. The molecule has 0 spiro atoms. The van der Waals surface area contributed by atoms with Crippen LogP contribution in [0.4, 0.5) is 0 Å². The van der Waals surface area contributed by atoms with Crippen LogP contribution in [-0.2, 0) is 4.79 Å². The van der Waals surface area contributed by atoms with Gasteiger partial charge < -0.3 is 10.0 Å². The second-order valence-electron chi connectivity index (χ2n) is 4.90. The van der Waals surface area contributed by atoms with Crippen molar-refractivity contribution in [1.29, 1.82) is 0 Å². The van der Waals surface area contributed by atoms with Crippen molar-refractivity contribution in [2.24, 2.45) is 11.8 Å². The number of nitrogens with zero attached hydrogens (tertiary/aromatic N) is 1. The summed E-state index contributed by atoms with van der Waals surface area (Å²) in [5, 5.41) is 9.36. The van der Waals surface area contributed by atoms with E-state index in [9.17, 15) is 9.90 Å². The van der Waals surface area contributed by atoms with E-state index in [1.807, 2.05) is 0 Å². The van der Waals surface area contributed by atoms with Crippen LogP contribution in [0.25, 0.3) is 0 Å². The van der Waals surface area contributed by atoms with Crippen LogP contribution in [0.5, 0.6) is 0 Å². The van der Waals surface area contributed by atoms with Gasteiger partial charge in [-0.15, -0.1) is 0 Å². The number of hydrogen-bond acceptors (Lipinski definition) is 2. The molecule has 0 aromatic heterocycles. The third kappa shape index (κ3) is 3.49. The van der Waals surface area contributed by atoms with Crippen molar-refractivity contribution in [2.45, 2.75) is 46.1 Å². The Morgan fingerprint density at radius 3 is 2.60 bits per heavy atom. The van der Waals surface area contributed by atoms with Crippen LogP contribution < -0.4 is 0 Å². The van der Waals surface area contributed by atoms with Gasteiger partial charge >= 0.3 is 0 Å². The van der Waals surface area contributed by atoms with Gasteiger partial charge in [-0.25, -0.2) is 0 Å². The van der Waals surface area contributed by atoms with Gasteiger partial charge in [0.2, 0.25) is 5.91 Å². The third-order valence-electron chi connectivity index (χ3n) is 3.42. The second-order valence-corrected chi connectivity index (χ2v) is 4.90. The summed E-state index contributed by atoms with van der Waals surface area (Å²) in [5.41, 5.74) is 0. The molecule has 0 radical (unpaired) electrons. The normalized spacial score (nSPS) is 23.5. The zero-order valence-corrected chi connectivity index (χ0v) is 10.1. The molecule has 0 bridgehead atoms. The lowest BCUT2D eigenvalue weighted by Gasteiger charge is -2.22. The molecule has 1 heterocycles. The lowest BCUT2D eigenvalue weighted by atomic mass is 9.90. The standard InChI is InChI=1S/C12H23NO2/c1-4-10(9(2)3)7-12(15)13-6-5-11(14)8-13/h9-11,14H,4-8H2,1-3H3/t10?,11-/m0/s1. The number of aliphatic hydroxyl groups excluding tert-OH is 1. The fourth-order valence-electron chi connectivity index (χ4n) is 2.17. The van der Waals surface area contributed by atoms with E-state index in [1.165, 1.54) is 0 Å². The minimum Gasteiger partial charge on any atom is -0.391 e. The lowest BCUT2D eigenvalue weighted by molar-refractivity contribution is -0.131.